The fourth-order valence-corrected chi connectivity index (χ4v) is 1.88. The van der Waals surface area contributed by atoms with Crippen LogP contribution in [0.1, 0.15) is 31.2 Å². The maximum absolute atomic E-state index is 12.0. The van der Waals surface area contributed by atoms with E-state index in [-0.39, 0.29) is 5.75 Å². The largest absolute Gasteiger partial charge is 0.435 e. The van der Waals surface area contributed by atoms with Crippen molar-refractivity contribution in [2.75, 3.05) is 6.54 Å². The standard InChI is InChI=1S/C14H17F2N3O/c15-14(16)20-12-7-5-11(6-8-12)10-18-19-13-4-2-1-3-9-17-13/h5-8,10,14H,1-4,9H2,(H,17,19)/b18-10-. The summed E-state index contributed by atoms with van der Waals surface area (Å²) < 4.78 is 28.3. The Balaban J connectivity index is 1.86. The van der Waals surface area contributed by atoms with E-state index in [1.807, 2.05) is 0 Å². The Labute approximate surface area is 116 Å². The van der Waals surface area contributed by atoms with Crippen molar-refractivity contribution in [1.29, 1.82) is 0 Å². The highest BCUT2D eigenvalue weighted by molar-refractivity contribution is 5.85. The average Bonchev–Trinajstić information content (AvgIpc) is 2.69. The van der Waals surface area contributed by atoms with Crippen molar-refractivity contribution >= 4 is 12.1 Å². The van der Waals surface area contributed by atoms with Crippen LogP contribution in [0.3, 0.4) is 0 Å². The zero-order chi connectivity index (χ0) is 14.2. The molecule has 0 unspecified atom stereocenters. The first-order valence-electron chi connectivity index (χ1n) is 6.61. The number of hydrazone groups is 1. The molecule has 2 rings (SSSR count). The van der Waals surface area contributed by atoms with Gasteiger partial charge in [-0.05, 0) is 42.7 Å². The van der Waals surface area contributed by atoms with E-state index < -0.39 is 6.61 Å². The molecule has 0 radical (unpaired) electrons. The van der Waals surface area contributed by atoms with Crippen molar-refractivity contribution in [2.24, 2.45) is 10.1 Å². The SMILES string of the molecule is FC(F)Oc1ccc(/C=N\NC2=NCCCCC2)cc1. The van der Waals surface area contributed by atoms with Crippen molar-refractivity contribution in [3.05, 3.63) is 29.8 Å². The molecule has 20 heavy (non-hydrogen) atoms. The Morgan fingerprint density at radius 3 is 2.75 bits per heavy atom. The number of hydrogen-bond donors (Lipinski definition) is 1. The van der Waals surface area contributed by atoms with Gasteiger partial charge < -0.3 is 4.74 Å². The summed E-state index contributed by atoms with van der Waals surface area (Å²) >= 11 is 0. The van der Waals surface area contributed by atoms with Crippen LogP contribution in [0.15, 0.2) is 34.4 Å². The molecule has 0 atom stereocenters. The summed E-state index contributed by atoms with van der Waals surface area (Å²) in [6, 6.07) is 6.29. The van der Waals surface area contributed by atoms with Crippen LogP contribution < -0.4 is 10.2 Å². The molecule has 0 spiro atoms. The Hall–Kier alpha value is -1.98. The minimum atomic E-state index is -2.80. The van der Waals surface area contributed by atoms with E-state index in [9.17, 15) is 8.78 Å². The first-order chi connectivity index (χ1) is 9.74. The molecule has 1 aliphatic heterocycles. The van der Waals surface area contributed by atoms with Crippen molar-refractivity contribution in [3.63, 3.8) is 0 Å². The van der Waals surface area contributed by atoms with Crippen molar-refractivity contribution in [1.82, 2.24) is 5.43 Å². The number of ether oxygens (including phenoxy) is 1. The summed E-state index contributed by atoms with van der Waals surface area (Å²) in [5.74, 6) is 1.04. The molecule has 1 aliphatic rings. The van der Waals surface area contributed by atoms with Gasteiger partial charge in [0.05, 0.1) is 6.21 Å². The fraction of sp³-hybridized carbons (Fsp3) is 0.429. The molecule has 108 valence electrons. The zero-order valence-corrected chi connectivity index (χ0v) is 11.1. The predicted octanol–water partition coefficient (Wildman–Crippen LogP) is 3.18. The Bertz CT molecular complexity index is 472. The van der Waals surface area contributed by atoms with Crippen LogP contribution in [0.5, 0.6) is 5.75 Å². The second-order valence-corrected chi connectivity index (χ2v) is 4.46. The van der Waals surface area contributed by atoms with Gasteiger partial charge in [0.25, 0.3) is 0 Å². The summed E-state index contributed by atoms with van der Waals surface area (Å²) in [5.41, 5.74) is 3.72. The van der Waals surface area contributed by atoms with Gasteiger partial charge in [-0.25, -0.2) is 0 Å². The van der Waals surface area contributed by atoms with E-state index in [0.29, 0.717) is 0 Å². The number of nitrogens with one attached hydrogen (secondary N) is 1. The fourth-order valence-electron chi connectivity index (χ4n) is 1.88. The van der Waals surface area contributed by atoms with Gasteiger partial charge in [0.1, 0.15) is 11.6 Å². The number of alkyl halides is 2. The maximum Gasteiger partial charge on any atom is 0.387 e. The molecule has 0 amide bonds. The number of amidine groups is 1. The lowest BCUT2D eigenvalue weighted by atomic mass is 10.2. The minimum absolute atomic E-state index is 0.137. The minimum Gasteiger partial charge on any atom is -0.435 e. The lowest BCUT2D eigenvalue weighted by molar-refractivity contribution is -0.0498. The topological polar surface area (TPSA) is 46.0 Å². The second kappa shape index (κ2) is 7.57. The van der Waals surface area contributed by atoms with Crippen LogP contribution in [0.25, 0.3) is 0 Å². The van der Waals surface area contributed by atoms with Gasteiger partial charge in [-0.3, -0.25) is 10.4 Å². The number of hydrogen-bond acceptors (Lipinski definition) is 4. The molecular formula is C14H17F2N3O. The summed E-state index contributed by atoms with van der Waals surface area (Å²) in [5, 5.41) is 4.10. The molecule has 4 nitrogen and oxygen atoms in total. The van der Waals surface area contributed by atoms with Gasteiger partial charge in [0.2, 0.25) is 0 Å². The number of nitrogens with zero attached hydrogens (tertiary/aromatic N) is 2. The molecule has 0 aliphatic carbocycles. The highest BCUT2D eigenvalue weighted by Crippen LogP contribution is 2.13. The number of aliphatic imine (C=N–C) groups is 1. The molecule has 1 aromatic carbocycles. The molecule has 1 aromatic rings. The number of benzene rings is 1. The molecular weight excluding hydrogens is 264 g/mol. The van der Waals surface area contributed by atoms with Crippen LogP contribution >= 0.6 is 0 Å². The summed E-state index contributed by atoms with van der Waals surface area (Å²) in [4.78, 5) is 4.39. The van der Waals surface area contributed by atoms with Crippen LogP contribution in [0.2, 0.25) is 0 Å². The van der Waals surface area contributed by atoms with Crippen LogP contribution in [-0.4, -0.2) is 25.2 Å². The maximum atomic E-state index is 12.0. The van der Waals surface area contributed by atoms with Gasteiger partial charge >= 0.3 is 6.61 Å². The number of rotatable bonds is 4. The molecule has 1 N–H and O–H groups in total. The van der Waals surface area contributed by atoms with Crippen LogP contribution in [-0.2, 0) is 0 Å². The van der Waals surface area contributed by atoms with Gasteiger partial charge in [-0.15, -0.1) is 0 Å². The summed E-state index contributed by atoms with van der Waals surface area (Å²) in [6.07, 6.45) is 5.99. The average molecular weight is 281 g/mol. The van der Waals surface area contributed by atoms with Gasteiger partial charge in [-0.2, -0.15) is 13.9 Å². The third-order valence-electron chi connectivity index (χ3n) is 2.89. The molecule has 0 bridgehead atoms. The van der Waals surface area contributed by atoms with E-state index >= 15 is 0 Å². The van der Waals surface area contributed by atoms with Crippen molar-refractivity contribution < 1.29 is 13.5 Å². The molecule has 0 saturated carbocycles. The third kappa shape index (κ3) is 4.95. The molecule has 0 saturated heterocycles. The van der Waals surface area contributed by atoms with E-state index in [2.05, 4.69) is 20.3 Å². The Kier molecular flexibility index (Phi) is 5.46. The van der Waals surface area contributed by atoms with E-state index in [1.54, 1.807) is 18.3 Å². The van der Waals surface area contributed by atoms with Crippen LogP contribution in [0, 0.1) is 0 Å². The Morgan fingerprint density at radius 1 is 1.20 bits per heavy atom. The first kappa shape index (κ1) is 14.4. The zero-order valence-electron chi connectivity index (χ0n) is 11.1. The first-order valence-corrected chi connectivity index (χ1v) is 6.61. The van der Waals surface area contributed by atoms with Gasteiger partial charge in [-0.1, -0.05) is 6.42 Å². The Morgan fingerprint density at radius 2 is 2.00 bits per heavy atom. The predicted molar refractivity (Wildman–Crippen MR) is 74.6 cm³/mol. The van der Waals surface area contributed by atoms with Crippen molar-refractivity contribution in [2.45, 2.75) is 32.3 Å². The summed E-state index contributed by atoms with van der Waals surface area (Å²) in [7, 11) is 0. The lowest BCUT2D eigenvalue weighted by Gasteiger charge is -2.04. The van der Waals surface area contributed by atoms with Crippen molar-refractivity contribution in [3.8, 4) is 5.75 Å². The quantitative estimate of drug-likeness (QED) is 0.680. The van der Waals surface area contributed by atoms with Crippen LogP contribution in [0.4, 0.5) is 8.78 Å². The number of halogens is 2. The molecule has 6 heteroatoms. The third-order valence-corrected chi connectivity index (χ3v) is 2.89. The van der Waals surface area contributed by atoms with E-state index in [0.717, 1.165) is 37.2 Å². The molecule has 0 aromatic heterocycles. The highest BCUT2D eigenvalue weighted by Gasteiger charge is 2.03. The van der Waals surface area contributed by atoms with E-state index in [1.165, 1.54) is 18.6 Å². The molecule has 1 heterocycles. The second-order valence-electron chi connectivity index (χ2n) is 4.46. The molecule has 0 fully saturated rings. The monoisotopic (exact) mass is 281 g/mol. The lowest BCUT2D eigenvalue weighted by Crippen LogP contribution is -2.17. The highest BCUT2D eigenvalue weighted by atomic mass is 19.3. The normalized spacial score (nSPS) is 16.1. The smallest absolute Gasteiger partial charge is 0.387 e. The summed E-state index contributed by atoms with van der Waals surface area (Å²) in [6.45, 7) is -1.96. The van der Waals surface area contributed by atoms with E-state index in [4.69, 9.17) is 0 Å². The van der Waals surface area contributed by atoms with Gasteiger partial charge in [0, 0.05) is 13.0 Å². The van der Waals surface area contributed by atoms with Gasteiger partial charge in [0.15, 0.2) is 0 Å².